The number of carbonyl (C=O) groups is 2. The molecule has 162 valence electrons. The van der Waals surface area contributed by atoms with Crippen LogP contribution in [0.4, 0.5) is 5.69 Å². The molecule has 4 atom stereocenters. The van der Waals surface area contributed by atoms with Crippen LogP contribution < -0.4 is 4.90 Å². The summed E-state index contributed by atoms with van der Waals surface area (Å²) < 4.78 is 0. The van der Waals surface area contributed by atoms with Crippen LogP contribution in [0.3, 0.4) is 0 Å². The first-order valence-corrected chi connectivity index (χ1v) is 11.9. The Bertz CT molecular complexity index is 976. The van der Waals surface area contributed by atoms with Crippen molar-refractivity contribution in [2.45, 2.75) is 50.6 Å². The molecule has 31 heavy (non-hydrogen) atoms. The number of amides is 2. The summed E-state index contributed by atoms with van der Waals surface area (Å²) in [5, 5.41) is 0.919. The Morgan fingerprint density at radius 2 is 1.65 bits per heavy atom. The maximum absolute atomic E-state index is 13.8. The fraction of sp³-hybridized carbons (Fsp3) is 0.440. The number of benzene rings is 2. The molecule has 1 aliphatic carbocycles. The standard InChI is InChI=1S/C25H26Cl2N2O2/c26-19-11-18(12-20(27)15-19)25(31)29(21-6-2-1-3-7-21)22-13-16-5-4-8-23(30)28-10-9-17(14-22)24(16)28/h1-3,6-7,11-12,15-17,22,24H,4-5,8-10,13-14H2/t16-,17+,22+,24-/m1/s1. The molecule has 6 heteroatoms. The van der Waals surface area contributed by atoms with Gasteiger partial charge in [-0.1, -0.05) is 41.4 Å². The fourth-order valence-electron chi connectivity index (χ4n) is 6.06. The molecule has 2 aliphatic heterocycles. The highest BCUT2D eigenvalue weighted by molar-refractivity contribution is 6.35. The van der Waals surface area contributed by atoms with Gasteiger partial charge in [-0.3, -0.25) is 9.59 Å². The number of halogens is 2. The minimum atomic E-state index is -0.0707. The second-order valence-electron chi connectivity index (χ2n) is 9.07. The number of anilines is 1. The molecule has 0 bridgehead atoms. The number of nitrogens with zero attached hydrogens (tertiary/aromatic N) is 2. The molecule has 0 N–H and O–H groups in total. The van der Waals surface area contributed by atoms with Gasteiger partial charge in [0.2, 0.25) is 5.91 Å². The minimum absolute atomic E-state index is 0.0707. The fourth-order valence-corrected chi connectivity index (χ4v) is 6.58. The zero-order valence-electron chi connectivity index (χ0n) is 17.3. The monoisotopic (exact) mass is 456 g/mol. The van der Waals surface area contributed by atoms with E-state index in [-0.39, 0.29) is 11.9 Å². The summed E-state index contributed by atoms with van der Waals surface area (Å²) in [6.45, 7) is 0.862. The average molecular weight is 457 g/mol. The van der Waals surface area contributed by atoms with Crippen LogP contribution in [0.5, 0.6) is 0 Å². The molecule has 2 aromatic carbocycles. The molecule has 3 fully saturated rings. The third kappa shape index (κ3) is 3.96. The zero-order chi connectivity index (χ0) is 21.5. The molecule has 2 saturated heterocycles. The second-order valence-corrected chi connectivity index (χ2v) is 9.95. The first-order chi connectivity index (χ1) is 15.0. The van der Waals surface area contributed by atoms with Gasteiger partial charge in [0.15, 0.2) is 0 Å². The number of hydrogen-bond donors (Lipinski definition) is 0. The van der Waals surface area contributed by atoms with Crippen LogP contribution in [-0.4, -0.2) is 35.3 Å². The van der Waals surface area contributed by atoms with Gasteiger partial charge in [-0.25, -0.2) is 0 Å². The molecule has 2 heterocycles. The van der Waals surface area contributed by atoms with Gasteiger partial charge in [0.25, 0.3) is 5.91 Å². The predicted octanol–water partition coefficient (Wildman–Crippen LogP) is 5.82. The predicted molar refractivity (Wildman–Crippen MR) is 124 cm³/mol. The lowest BCUT2D eigenvalue weighted by atomic mass is 9.73. The lowest BCUT2D eigenvalue weighted by Crippen LogP contribution is -2.51. The van der Waals surface area contributed by atoms with Crippen LogP contribution in [-0.2, 0) is 4.79 Å². The van der Waals surface area contributed by atoms with Gasteiger partial charge in [0.1, 0.15) is 0 Å². The zero-order valence-corrected chi connectivity index (χ0v) is 18.9. The second kappa shape index (κ2) is 8.48. The van der Waals surface area contributed by atoms with Gasteiger partial charge >= 0.3 is 0 Å². The highest BCUT2D eigenvalue weighted by Gasteiger charge is 2.49. The number of para-hydroxylation sites is 1. The van der Waals surface area contributed by atoms with E-state index in [1.54, 1.807) is 18.2 Å². The average Bonchev–Trinajstić information content (AvgIpc) is 3.11. The summed E-state index contributed by atoms with van der Waals surface area (Å²) >= 11 is 12.4. The summed E-state index contributed by atoms with van der Waals surface area (Å²) in [7, 11) is 0. The van der Waals surface area contributed by atoms with Gasteiger partial charge in [0.05, 0.1) is 0 Å². The van der Waals surface area contributed by atoms with Crippen LogP contribution in [0.2, 0.25) is 10.0 Å². The maximum Gasteiger partial charge on any atom is 0.258 e. The third-order valence-corrected chi connectivity index (χ3v) is 7.67. The molecule has 0 radical (unpaired) electrons. The Kier molecular flexibility index (Phi) is 5.70. The number of carbonyl (C=O) groups excluding carboxylic acids is 2. The Labute approximate surface area is 193 Å². The van der Waals surface area contributed by atoms with Crippen molar-refractivity contribution in [2.24, 2.45) is 11.8 Å². The van der Waals surface area contributed by atoms with E-state index in [1.807, 2.05) is 35.2 Å². The summed E-state index contributed by atoms with van der Waals surface area (Å²) in [4.78, 5) is 30.4. The molecule has 2 aromatic rings. The van der Waals surface area contributed by atoms with Crippen molar-refractivity contribution >= 4 is 40.7 Å². The third-order valence-electron chi connectivity index (χ3n) is 7.23. The quantitative estimate of drug-likeness (QED) is 0.583. The molecule has 4 nitrogen and oxygen atoms in total. The van der Waals surface area contributed by atoms with E-state index in [0.717, 1.165) is 44.3 Å². The summed E-state index contributed by atoms with van der Waals surface area (Å²) in [5.41, 5.74) is 1.40. The molecule has 1 saturated carbocycles. The Balaban J connectivity index is 1.50. The summed E-state index contributed by atoms with van der Waals surface area (Å²) in [6.07, 6.45) is 5.52. The van der Waals surface area contributed by atoms with Gasteiger partial charge in [-0.15, -0.1) is 0 Å². The molecule has 0 spiro atoms. The highest BCUT2D eigenvalue weighted by Crippen LogP contribution is 2.46. The smallest absolute Gasteiger partial charge is 0.258 e. The van der Waals surface area contributed by atoms with Crippen molar-refractivity contribution in [3.63, 3.8) is 0 Å². The topological polar surface area (TPSA) is 40.6 Å². The normalized spacial score (nSPS) is 27.5. The van der Waals surface area contributed by atoms with E-state index in [4.69, 9.17) is 23.2 Å². The van der Waals surface area contributed by atoms with Gasteiger partial charge in [0, 0.05) is 46.3 Å². The van der Waals surface area contributed by atoms with Crippen LogP contribution in [0.25, 0.3) is 0 Å². The minimum Gasteiger partial charge on any atom is -0.339 e. The Morgan fingerprint density at radius 3 is 2.35 bits per heavy atom. The molecular formula is C25H26Cl2N2O2. The van der Waals surface area contributed by atoms with Crippen molar-refractivity contribution in [1.29, 1.82) is 0 Å². The van der Waals surface area contributed by atoms with Crippen molar-refractivity contribution < 1.29 is 9.59 Å². The first kappa shape index (κ1) is 20.8. The number of rotatable bonds is 3. The largest absolute Gasteiger partial charge is 0.339 e. The highest BCUT2D eigenvalue weighted by atomic mass is 35.5. The summed E-state index contributed by atoms with van der Waals surface area (Å²) in [5.74, 6) is 1.14. The van der Waals surface area contributed by atoms with Gasteiger partial charge < -0.3 is 9.80 Å². The van der Waals surface area contributed by atoms with E-state index in [2.05, 4.69) is 4.90 Å². The molecule has 0 aromatic heterocycles. The molecule has 0 unspecified atom stereocenters. The van der Waals surface area contributed by atoms with E-state index in [9.17, 15) is 9.59 Å². The van der Waals surface area contributed by atoms with Crippen LogP contribution in [0, 0.1) is 11.8 Å². The maximum atomic E-state index is 13.8. The van der Waals surface area contributed by atoms with Crippen LogP contribution in [0.1, 0.15) is 48.9 Å². The van der Waals surface area contributed by atoms with E-state index in [0.29, 0.717) is 45.8 Å². The van der Waals surface area contributed by atoms with Crippen LogP contribution >= 0.6 is 23.2 Å². The lowest BCUT2D eigenvalue weighted by Gasteiger charge is -2.44. The Morgan fingerprint density at radius 1 is 0.968 bits per heavy atom. The van der Waals surface area contributed by atoms with Crippen molar-refractivity contribution in [3.8, 4) is 0 Å². The van der Waals surface area contributed by atoms with E-state index < -0.39 is 0 Å². The molecule has 3 aliphatic rings. The lowest BCUT2D eigenvalue weighted by molar-refractivity contribution is -0.132. The molecule has 5 rings (SSSR count). The SMILES string of the molecule is O=C1CCC[C@@H]2C[C@H](N(C(=O)c3cc(Cl)cc(Cl)c3)c3ccccc3)C[C@@H]3CCN1[C@H]23. The first-order valence-electron chi connectivity index (χ1n) is 11.2. The van der Waals surface area contributed by atoms with Crippen molar-refractivity contribution in [1.82, 2.24) is 4.90 Å². The number of hydrogen-bond acceptors (Lipinski definition) is 2. The summed E-state index contributed by atoms with van der Waals surface area (Å²) in [6, 6.07) is 15.4. The molecule has 2 amide bonds. The van der Waals surface area contributed by atoms with Crippen molar-refractivity contribution in [3.05, 3.63) is 64.1 Å². The van der Waals surface area contributed by atoms with Gasteiger partial charge in [-0.2, -0.15) is 0 Å². The van der Waals surface area contributed by atoms with E-state index >= 15 is 0 Å². The van der Waals surface area contributed by atoms with Crippen LogP contribution in [0.15, 0.2) is 48.5 Å². The van der Waals surface area contributed by atoms with Gasteiger partial charge in [-0.05, 0) is 74.3 Å². The molecular weight excluding hydrogens is 431 g/mol. The van der Waals surface area contributed by atoms with Crippen molar-refractivity contribution in [2.75, 3.05) is 11.4 Å². The van der Waals surface area contributed by atoms with E-state index in [1.165, 1.54) is 0 Å². The Hall–Kier alpha value is -2.04.